The van der Waals surface area contributed by atoms with Crippen LogP contribution in [0.15, 0.2) is 0 Å². The molecule has 0 N–H and O–H groups in total. The Balaban J connectivity index is 0.00000256. The summed E-state index contributed by atoms with van der Waals surface area (Å²) in [5.41, 5.74) is 0. The molecule has 4 nitrogen and oxygen atoms in total. The van der Waals surface area contributed by atoms with Crippen molar-refractivity contribution in [1.82, 2.24) is 4.90 Å². The second-order valence-corrected chi connectivity index (χ2v) is 5.11. The Labute approximate surface area is 120 Å². The average molecular weight is 350 g/mol. The zero-order valence-corrected chi connectivity index (χ0v) is 12.9. The van der Waals surface area contributed by atoms with Gasteiger partial charge in [0.15, 0.2) is 0 Å². The highest BCUT2D eigenvalue weighted by atomic mass is 127. The van der Waals surface area contributed by atoms with E-state index in [-0.39, 0.29) is 41.8 Å². The number of carbonyl (C=O) groups is 2. The molecule has 1 heterocycles. The number of nitrogens with zero attached hydrogens (tertiary/aromatic N) is 2. The number of amides is 2. The Morgan fingerprint density at radius 3 is 2.53 bits per heavy atom. The van der Waals surface area contributed by atoms with Crippen molar-refractivity contribution < 1.29 is 38.0 Å². The third kappa shape index (κ3) is 5.04. The molecule has 0 spiro atoms. The van der Waals surface area contributed by atoms with Crippen LogP contribution >= 0.6 is 0 Å². The first kappa shape index (κ1) is 16.4. The molecule has 2 amide bonds. The quantitative estimate of drug-likeness (QED) is 0.292. The molecule has 0 aromatic rings. The second kappa shape index (κ2) is 6.36. The molecule has 0 aromatic carbocycles. The molecular weight excluding hydrogens is 331 g/mol. The van der Waals surface area contributed by atoms with Gasteiger partial charge >= 0.3 is 0 Å². The molecule has 1 aliphatic heterocycles. The van der Waals surface area contributed by atoms with Crippen LogP contribution in [0.1, 0.15) is 19.8 Å². The minimum atomic E-state index is -0.212. The van der Waals surface area contributed by atoms with Crippen LogP contribution in [0.2, 0.25) is 0 Å². The van der Waals surface area contributed by atoms with E-state index >= 15 is 0 Å². The molecule has 1 aliphatic rings. The monoisotopic (exact) mass is 350 g/mol. The second-order valence-electron chi connectivity index (χ2n) is 5.11. The number of quaternary nitrogens is 1. The maximum atomic E-state index is 11.4. The Bertz CT molecular complexity index is 363. The summed E-state index contributed by atoms with van der Waals surface area (Å²) in [4.78, 5) is 24.0. The van der Waals surface area contributed by atoms with Crippen molar-refractivity contribution in [3.05, 3.63) is 0 Å². The van der Waals surface area contributed by atoms with E-state index in [0.29, 0.717) is 12.8 Å². The summed E-state index contributed by atoms with van der Waals surface area (Å²) in [7, 11) is 6.16. The van der Waals surface area contributed by atoms with Gasteiger partial charge in [-0.3, -0.25) is 14.5 Å². The van der Waals surface area contributed by atoms with E-state index < -0.39 is 0 Å². The molecule has 0 aliphatic carbocycles. The van der Waals surface area contributed by atoms with Crippen LogP contribution in [-0.2, 0) is 9.59 Å². The van der Waals surface area contributed by atoms with Gasteiger partial charge in [-0.2, -0.15) is 0 Å². The van der Waals surface area contributed by atoms with E-state index in [9.17, 15) is 9.59 Å². The SMILES string of the molecule is CC(=O)N1C(=O)CCC1C#CC[N+](C)(C)C.[I-]. The van der Waals surface area contributed by atoms with Crippen molar-refractivity contribution in [2.75, 3.05) is 27.7 Å². The van der Waals surface area contributed by atoms with E-state index in [4.69, 9.17) is 0 Å². The lowest BCUT2D eigenvalue weighted by Gasteiger charge is -2.20. The van der Waals surface area contributed by atoms with Crippen LogP contribution in [0.4, 0.5) is 0 Å². The largest absolute Gasteiger partial charge is 1.00 e. The minimum absolute atomic E-state index is 0. The van der Waals surface area contributed by atoms with Gasteiger partial charge in [0.05, 0.1) is 21.1 Å². The van der Waals surface area contributed by atoms with Gasteiger partial charge in [0.25, 0.3) is 0 Å². The Hall–Kier alpha value is -0.610. The number of hydrogen-bond acceptors (Lipinski definition) is 2. The lowest BCUT2D eigenvalue weighted by atomic mass is 10.2. The lowest BCUT2D eigenvalue weighted by Crippen LogP contribution is -3.00. The Morgan fingerprint density at radius 2 is 2.06 bits per heavy atom. The third-order valence-electron chi connectivity index (χ3n) is 2.37. The number of likely N-dealkylation sites (tertiary alicyclic amines) is 1. The van der Waals surface area contributed by atoms with Crippen LogP contribution < -0.4 is 24.0 Å². The van der Waals surface area contributed by atoms with E-state index in [1.807, 2.05) is 0 Å². The maximum absolute atomic E-state index is 11.4. The summed E-state index contributed by atoms with van der Waals surface area (Å²) in [6, 6.07) is -0.212. The van der Waals surface area contributed by atoms with E-state index in [0.717, 1.165) is 11.0 Å². The van der Waals surface area contributed by atoms with Gasteiger partial charge in [-0.1, -0.05) is 5.92 Å². The topological polar surface area (TPSA) is 37.4 Å². The van der Waals surface area contributed by atoms with Crippen molar-refractivity contribution in [3.63, 3.8) is 0 Å². The molecule has 1 fully saturated rings. The first-order valence-electron chi connectivity index (χ1n) is 5.43. The Kier molecular flexibility index (Phi) is 6.13. The van der Waals surface area contributed by atoms with Crippen LogP contribution in [0, 0.1) is 11.8 Å². The number of rotatable bonds is 1. The first-order valence-corrected chi connectivity index (χ1v) is 5.43. The predicted octanol–water partition coefficient (Wildman–Crippen LogP) is -2.76. The number of carbonyl (C=O) groups excluding carboxylic acids is 2. The van der Waals surface area contributed by atoms with Gasteiger partial charge in [0.1, 0.15) is 12.6 Å². The average Bonchev–Trinajstić information content (AvgIpc) is 2.44. The third-order valence-corrected chi connectivity index (χ3v) is 2.37. The molecule has 5 heteroatoms. The fourth-order valence-corrected chi connectivity index (χ4v) is 1.62. The molecule has 0 radical (unpaired) electrons. The molecule has 0 saturated carbocycles. The van der Waals surface area contributed by atoms with E-state index in [1.54, 1.807) is 0 Å². The summed E-state index contributed by atoms with van der Waals surface area (Å²) in [6.45, 7) is 2.13. The predicted molar refractivity (Wildman–Crippen MR) is 61.2 cm³/mol. The molecule has 1 atom stereocenters. The lowest BCUT2D eigenvalue weighted by molar-refractivity contribution is -0.862. The van der Waals surface area contributed by atoms with Crippen LogP contribution in [0.25, 0.3) is 0 Å². The maximum Gasteiger partial charge on any atom is 0.230 e. The molecule has 0 aromatic heterocycles. The van der Waals surface area contributed by atoms with Gasteiger partial charge in [0, 0.05) is 13.3 Å². The molecule has 17 heavy (non-hydrogen) atoms. The van der Waals surface area contributed by atoms with Gasteiger partial charge < -0.3 is 28.5 Å². The zero-order valence-electron chi connectivity index (χ0n) is 10.8. The van der Waals surface area contributed by atoms with Gasteiger partial charge in [0.2, 0.25) is 11.8 Å². The van der Waals surface area contributed by atoms with Gasteiger partial charge in [-0.15, -0.1) is 0 Å². The summed E-state index contributed by atoms with van der Waals surface area (Å²) in [5, 5.41) is 0. The van der Waals surface area contributed by atoms with Gasteiger partial charge in [-0.05, 0) is 12.3 Å². The summed E-state index contributed by atoms with van der Waals surface area (Å²) in [6.07, 6.45) is 1.10. The smallest absolute Gasteiger partial charge is 0.230 e. The molecular formula is C12H19IN2O2. The van der Waals surface area contributed by atoms with Crippen LogP contribution in [-0.4, -0.2) is 54.9 Å². The standard InChI is InChI=1S/C12H19N2O2.HI/c1-10(15)13-11(7-8-12(13)16)6-5-9-14(2,3)4;/h11H,7-9H2,1-4H3;1H/q+1;/p-1. The van der Waals surface area contributed by atoms with Crippen LogP contribution in [0.3, 0.4) is 0 Å². The van der Waals surface area contributed by atoms with Crippen molar-refractivity contribution in [3.8, 4) is 11.8 Å². The number of imide groups is 1. The normalized spacial score (nSPS) is 19.4. The number of halogens is 1. The minimum Gasteiger partial charge on any atom is -1.00 e. The zero-order chi connectivity index (χ0) is 12.3. The van der Waals surface area contributed by atoms with Crippen molar-refractivity contribution in [2.24, 2.45) is 0 Å². The van der Waals surface area contributed by atoms with Crippen LogP contribution in [0.5, 0.6) is 0 Å². The van der Waals surface area contributed by atoms with E-state index in [1.165, 1.54) is 11.8 Å². The number of hydrogen-bond donors (Lipinski definition) is 0. The van der Waals surface area contributed by atoms with Crippen molar-refractivity contribution in [2.45, 2.75) is 25.8 Å². The van der Waals surface area contributed by atoms with E-state index in [2.05, 4.69) is 33.0 Å². The summed E-state index contributed by atoms with van der Waals surface area (Å²) in [5.74, 6) is 5.77. The summed E-state index contributed by atoms with van der Waals surface area (Å²) >= 11 is 0. The fraction of sp³-hybridized carbons (Fsp3) is 0.667. The van der Waals surface area contributed by atoms with Gasteiger partial charge in [-0.25, -0.2) is 0 Å². The summed E-state index contributed by atoms with van der Waals surface area (Å²) < 4.78 is 0.758. The Morgan fingerprint density at radius 1 is 1.47 bits per heavy atom. The highest BCUT2D eigenvalue weighted by molar-refractivity contribution is 5.96. The molecule has 1 rings (SSSR count). The molecule has 1 unspecified atom stereocenters. The molecule has 1 saturated heterocycles. The molecule has 0 bridgehead atoms. The molecule has 96 valence electrons. The van der Waals surface area contributed by atoms with Crippen molar-refractivity contribution >= 4 is 11.8 Å². The highest BCUT2D eigenvalue weighted by Crippen LogP contribution is 2.17. The van der Waals surface area contributed by atoms with Crippen molar-refractivity contribution in [1.29, 1.82) is 0 Å². The first-order chi connectivity index (χ1) is 7.31. The fourth-order valence-electron chi connectivity index (χ4n) is 1.62. The highest BCUT2D eigenvalue weighted by Gasteiger charge is 2.32.